The van der Waals surface area contributed by atoms with Gasteiger partial charge in [0.1, 0.15) is 11.9 Å². The topological polar surface area (TPSA) is 86.8 Å². The Balaban J connectivity index is 2.24. The summed E-state index contributed by atoms with van der Waals surface area (Å²) in [5.74, 6) is -0.925. The van der Waals surface area contributed by atoms with Crippen LogP contribution in [0.5, 0.6) is 0 Å². The minimum atomic E-state index is -3.64. The quantitative estimate of drug-likeness (QED) is 0.477. The number of hydrogen-bond donors (Lipinski definition) is 1. The van der Waals surface area contributed by atoms with Gasteiger partial charge in [0.2, 0.25) is 21.8 Å². The van der Waals surface area contributed by atoms with Gasteiger partial charge < -0.3 is 10.2 Å². The van der Waals surface area contributed by atoms with Crippen molar-refractivity contribution in [3.63, 3.8) is 0 Å². The van der Waals surface area contributed by atoms with Crippen LogP contribution in [0, 0.1) is 12.7 Å². The second-order valence-electron chi connectivity index (χ2n) is 10.0. The molecule has 36 heavy (non-hydrogen) atoms. The van der Waals surface area contributed by atoms with Gasteiger partial charge in [0.05, 0.1) is 11.9 Å². The minimum absolute atomic E-state index is 0.0540. The van der Waals surface area contributed by atoms with E-state index < -0.39 is 27.4 Å². The summed E-state index contributed by atoms with van der Waals surface area (Å²) in [5.41, 5.74) is 1.84. The van der Waals surface area contributed by atoms with E-state index in [-0.39, 0.29) is 37.7 Å². The summed E-state index contributed by atoms with van der Waals surface area (Å²) >= 11 is 0. The van der Waals surface area contributed by atoms with Crippen LogP contribution in [0.1, 0.15) is 58.1 Å². The maximum Gasteiger partial charge on any atom is 0.243 e. The van der Waals surface area contributed by atoms with Gasteiger partial charge in [0, 0.05) is 25.0 Å². The van der Waals surface area contributed by atoms with Crippen molar-refractivity contribution in [3.05, 3.63) is 65.5 Å². The highest BCUT2D eigenvalue weighted by Crippen LogP contribution is 2.21. The molecule has 0 unspecified atom stereocenters. The number of carbonyl (C=O) groups is 2. The van der Waals surface area contributed by atoms with Gasteiger partial charge in [-0.3, -0.25) is 13.9 Å². The predicted molar refractivity (Wildman–Crippen MR) is 142 cm³/mol. The molecule has 9 heteroatoms. The second-order valence-corrected chi connectivity index (χ2v) is 11.9. The Morgan fingerprint density at radius 3 is 2.19 bits per heavy atom. The molecule has 2 rings (SSSR count). The van der Waals surface area contributed by atoms with E-state index >= 15 is 0 Å². The standard InChI is InChI=1S/C27H38FN3O4S/c1-7-24(26(33)29-27(3,4)5)30(19-21-12-9-8-11-20(21)2)25(32)13-10-18-31(36(6,34)35)23-16-14-22(28)15-17-23/h8-9,11-12,14-17,24H,7,10,13,18-19H2,1-6H3,(H,29,33)/t24-/m0/s1. The third-order valence-electron chi connectivity index (χ3n) is 5.75. The molecule has 0 aliphatic carbocycles. The number of nitrogens with zero attached hydrogens (tertiary/aromatic N) is 2. The Labute approximate surface area is 214 Å². The number of nitrogens with one attached hydrogen (secondary N) is 1. The molecule has 0 bridgehead atoms. The number of sulfonamides is 1. The van der Waals surface area contributed by atoms with Crippen LogP contribution in [0.2, 0.25) is 0 Å². The predicted octanol–water partition coefficient (Wildman–Crippen LogP) is 4.40. The van der Waals surface area contributed by atoms with Crippen molar-refractivity contribution in [1.29, 1.82) is 0 Å². The summed E-state index contributed by atoms with van der Waals surface area (Å²) in [4.78, 5) is 28.2. The highest BCUT2D eigenvalue weighted by Gasteiger charge is 2.31. The van der Waals surface area contributed by atoms with Crippen molar-refractivity contribution in [2.45, 2.75) is 72.0 Å². The average molecular weight is 520 g/mol. The zero-order valence-electron chi connectivity index (χ0n) is 22.0. The van der Waals surface area contributed by atoms with Crippen LogP contribution >= 0.6 is 0 Å². The van der Waals surface area contributed by atoms with Gasteiger partial charge in [0.15, 0.2) is 0 Å². The van der Waals surface area contributed by atoms with Crippen LogP contribution in [0.4, 0.5) is 10.1 Å². The summed E-state index contributed by atoms with van der Waals surface area (Å²) in [7, 11) is -3.64. The van der Waals surface area contributed by atoms with Crippen molar-refractivity contribution in [1.82, 2.24) is 10.2 Å². The zero-order valence-corrected chi connectivity index (χ0v) is 22.9. The third-order valence-corrected chi connectivity index (χ3v) is 6.95. The van der Waals surface area contributed by atoms with E-state index in [1.165, 1.54) is 24.3 Å². The first kappa shape index (κ1) is 29.3. The first-order valence-corrected chi connectivity index (χ1v) is 14.0. The normalized spacial score (nSPS) is 12.6. The third kappa shape index (κ3) is 8.62. The van der Waals surface area contributed by atoms with Crippen molar-refractivity contribution >= 4 is 27.5 Å². The second kappa shape index (κ2) is 12.3. The lowest BCUT2D eigenvalue weighted by atomic mass is 10.0. The lowest BCUT2D eigenvalue weighted by molar-refractivity contribution is -0.142. The molecule has 0 fully saturated rings. The van der Waals surface area contributed by atoms with Crippen molar-refractivity contribution in [3.8, 4) is 0 Å². The summed E-state index contributed by atoms with van der Waals surface area (Å²) in [6.07, 6.45) is 1.81. The van der Waals surface area contributed by atoms with E-state index in [1.807, 2.05) is 58.9 Å². The van der Waals surface area contributed by atoms with Crippen LogP contribution in [0.25, 0.3) is 0 Å². The Bertz CT molecular complexity index is 1140. The minimum Gasteiger partial charge on any atom is -0.350 e. The van der Waals surface area contributed by atoms with Gasteiger partial charge in [-0.1, -0.05) is 31.2 Å². The van der Waals surface area contributed by atoms with E-state index in [4.69, 9.17) is 0 Å². The molecule has 0 saturated carbocycles. The van der Waals surface area contributed by atoms with E-state index in [0.717, 1.165) is 21.7 Å². The van der Waals surface area contributed by atoms with Crippen LogP contribution in [0.15, 0.2) is 48.5 Å². The van der Waals surface area contributed by atoms with Crippen molar-refractivity contribution in [2.24, 2.45) is 0 Å². The molecule has 0 aromatic heterocycles. The summed E-state index contributed by atoms with van der Waals surface area (Å²) in [6, 6.07) is 12.2. The van der Waals surface area contributed by atoms with Gasteiger partial charge in [-0.25, -0.2) is 12.8 Å². The molecular weight excluding hydrogens is 481 g/mol. The summed E-state index contributed by atoms with van der Waals surface area (Å²) in [6.45, 7) is 9.82. The molecule has 0 saturated heterocycles. The number of carbonyl (C=O) groups excluding carboxylic acids is 2. The highest BCUT2D eigenvalue weighted by atomic mass is 32.2. The molecule has 1 atom stereocenters. The SMILES string of the molecule is CC[C@@H](C(=O)NC(C)(C)C)N(Cc1ccccc1C)C(=O)CCCN(c1ccc(F)cc1)S(C)(=O)=O. The number of rotatable bonds is 11. The molecule has 1 N–H and O–H groups in total. The molecule has 2 aromatic rings. The molecule has 0 spiro atoms. The molecule has 7 nitrogen and oxygen atoms in total. The highest BCUT2D eigenvalue weighted by molar-refractivity contribution is 7.92. The maximum atomic E-state index is 13.5. The first-order valence-electron chi connectivity index (χ1n) is 12.1. The fourth-order valence-corrected chi connectivity index (χ4v) is 4.92. The molecule has 0 aliphatic heterocycles. The van der Waals surface area contributed by atoms with Gasteiger partial charge in [-0.05, 0) is 75.9 Å². The van der Waals surface area contributed by atoms with Crippen LogP contribution in [0.3, 0.4) is 0 Å². The van der Waals surface area contributed by atoms with E-state index in [0.29, 0.717) is 12.1 Å². The smallest absolute Gasteiger partial charge is 0.243 e. The van der Waals surface area contributed by atoms with Gasteiger partial charge in [-0.2, -0.15) is 0 Å². The van der Waals surface area contributed by atoms with E-state index in [2.05, 4.69) is 5.32 Å². The van der Waals surface area contributed by atoms with Gasteiger partial charge in [-0.15, -0.1) is 0 Å². The van der Waals surface area contributed by atoms with Crippen molar-refractivity contribution in [2.75, 3.05) is 17.1 Å². The molecule has 0 heterocycles. The molecule has 0 radical (unpaired) electrons. The van der Waals surface area contributed by atoms with Crippen LogP contribution in [-0.2, 0) is 26.2 Å². The fourth-order valence-electron chi connectivity index (χ4n) is 3.95. The Kier molecular flexibility index (Phi) is 10.0. The zero-order chi connectivity index (χ0) is 27.1. The number of benzene rings is 2. The molecule has 0 aliphatic rings. The van der Waals surface area contributed by atoms with E-state index in [9.17, 15) is 22.4 Å². The monoisotopic (exact) mass is 519 g/mol. The number of anilines is 1. The van der Waals surface area contributed by atoms with Gasteiger partial charge in [0.25, 0.3) is 0 Å². The Hall–Kier alpha value is -2.94. The van der Waals surface area contributed by atoms with E-state index in [1.54, 1.807) is 4.90 Å². The largest absolute Gasteiger partial charge is 0.350 e. The molecule has 198 valence electrons. The lowest BCUT2D eigenvalue weighted by Crippen LogP contribution is -2.53. The van der Waals surface area contributed by atoms with Crippen molar-refractivity contribution < 1.29 is 22.4 Å². The van der Waals surface area contributed by atoms with Crippen LogP contribution < -0.4 is 9.62 Å². The number of halogens is 1. The number of aryl methyl sites for hydroxylation is 1. The molecule has 2 aromatic carbocycles. The number of hydrogen-bond acceptors (Lipinski definition) is 4. The Morgan fingerprint density at radius 2 is 1.67 bits per heavy atom. The first-order chi connectivity index (χ1) is 16.7. The van der Waals surface area contributed by atoms with Gasteiger partial charge >= 0.3 is 0 Å². The van der Waals surface area contributed by atoms with Crippen LogP contribution in [-0.4, -0.2) is 49.5 Å². The fraction of sp³-hybridized carbons (Fsp3) is 0.481. The molecule has 2 amide bonds. The molecular formula is C27H38FN3O4S. The average Bonchev–Trinajstić information content (AvgIpc) is 2.76. The lowest BCUT2D eigenvalue weighted by Gasteiger charge is -2.33. The summed E-state index contributed by atoms with van der Waals surface area (Å²) in [5, 5.41) is 2.98. The maximum absolute atomic E-state index is 13.5. The summed E-state index contributed by atoms with van der Waals surface area (Å²) < 4.78 is 39.2. The Morgan fingerprint density at radius 1 is 1.06 bits per heavy atom. The number of amides is 2.